The minimum atomic E-state index is -0.546. The van der Waals surface area contributed by atoms with Crippen LogP contribution in [0, 0.1) is 0 Å². The lowest BCUT2D eigenvalue weighted by molar-refractivity contribution is -0.149. The Bertz CT molecular complexity index is 296. The fraction of sp³-hybridized carbons (Fsp3) is 0.833. The molecule has 6 nitrogen and oxygen atoms in total. The van der Waals surface area contributed by atoms with Crippen molar-refractivity contribution in [3.63, 3.8) is 0 Å². The van der Waals surface area contributed by atoms with E-state index < -0.39 is 12.1 Å². The van der Waals surface area contributed by atoms with Gasteiger partial charge in [0.25, 0.3) is 0 Å². The summed E-state index contributed by atoms with van der Waals surface area (Å²) in [7, 11) is 0. The van der Waals surface area contributed by atoms with Crippen LogP contribution in [0.25, 0.3) is 0 Å². The predicted octanol–water partition coefficient (Wildman–Crippen LogP) is -0.523. The number of morpholine rings is 1. The van der Waals surface area contributed by atoms with Crippen LogP contribution in [0.1, 0.15) is 26.7 Å². The van der Waals surface area contributed by atoms with Crippen molar-refractivity contribution in [3.05, 3.63) is 0 Å². The molecule has 0 bridgehead atoms. The normalized spacial score (nSPS) is 21.5. The molecule has 0 aromatic heterocycles. The Kier molecular flexibility index (Phi) is 6.07. The average Bonchev–Trinajstić information content (AvgIpc) is 2.43. The van der Waals surface area contributed by atoms with Crippen molar-refractivity contribution < 1.29 is 14.3 Å². The Balaban J connectivity index is 2.67. The maximum Gasteiger partial charge on any atom is 0.245 e. The van der Waals surface area contributed by atoms with Gasteiger partial charge >= 0.3 is 0 Å². The van der Waals surface area contributed by atoms with Gasteiger partial charge in [0.1, 0.15) is 6.04 Å². The maximum atomic E-state index is 12.1. The number of nitrogens with one attached hydrogen (secondary N) is 1. The minimum absolute atomic E-state index is 0.159. The van der Waals surface area contributed by atoms with Crippen LogP contribution in [0.15, 0.2) is 0 Å². The molecule has 1 heterocycles. The van der Waals surface area contributed by atoms with Crippen molar-refractivity contribution in [1.29, 1.82) is 0 Å². The monoisotopic (exact) mass is 257 g/mol. The van der Waals surface area contributed by atoms with Crippen LogP contribution >= 0.6 is 0 Å². The molecule has 1 unspecified atom stereocenters. The molecule has 18 heavy (non-hydrogen) atoms. The van der Waals surface area contributed by atoms with Gasteiger partial charge in [0.15, 0.2) is 0 Å². The van der Waals surface area contributed by atoms with Gasteiger partial charge in [0, 0.05) is 13.1 Å². The third-order valence-corrected chi connectivity index (χ3v) is 3.02. The molecule has 2 amide bonds. The van der Waals surface area contributed by atoms with E-state index in [0.717, 1.165) is 6.42 Å². The third kappa shape index (κ3) is 3.68. The molecule has 0 aromatic rings. The molecular formula is C12H23N3O3. The summed E-state index contributed by atoms with van der Waals surface area (Å²) < 4.78 is 5.28. The molecule has 0 aliphatic carbocycles. The SMILES string of the molecule is CCCNC(=O)C1COCCN1C(=O)[C@H](N)CC. The fourth-order valence-electron chi connectivity index (χ4n) is 1.84. The molecule has 2 atom stereocenters. The molecule has 0 radical (unpaired) electrons. The molecule has 3 N–H and O–H groups in total. The minimum Gasteiger partial charge on any atom is -0.377 e. The van der Waals surface area contributed by atoms with Crippen LogP contribution in [0.4, 0.5) is 0 Å². The van der Waals surface area contributed by atoms with E-state index in [1.165, 1.54) is 0 Å². The smallest absolute Gasteiger partial charge is 0.245 e. The van der Waals surface area contributed by atoms with Crippen molar-refractivity contribution in [1.82, 2.24) is 10.2 Å². The van der Waals surface area contributed by atoms with E-state index in [1.54, 1.807) is 4.90 Å². The standard InChI is InChI=1S/C12H23N3O3/c1-3-5-14-11(16)10-8-18-7-6-15(10)12(17)9(13)4-2/h9-10H,3-8,13H2,1-2H3,(H,14,16)/t9-,10?/m1/s1. The van der Waals surface area contributed by atoms with Gasteiger partial charge < -0.3 is 20.7 Å². The topological polar surface area (TPSA) is 84.7 Å². The molecule has 0 spiro atoms. The molecule has 1 saturated heterocycles. The van der Waals surface area contributed by atoms with Crippen molar-refractivity contribution >= 4 is 11.8 Å². The lowest BCUT2D eigenvalue weighted by atomic mass is 10.1. The number of carbonyl (C=O) groups excluding carboxylic acids is 2. The molecule has 0 saturated carbocycles. The largest absolute Gasteiger partial charge is 0.377 e. The number of hydrogen-bond donors (Lipinski definition) is 2. The Labute approximate surface area is 108 Å². The number of hydrogen-bond acceptors (Lipinski definition) is 4. The second-order valence-electron chi connectivity index (χ2n) is 4.43. The van der Waals surface area contributed by atoms with Crippen LogP contribution in [-0.4, -0.2) is 55.1 Å². The lowest BCUT2D eigenvalue weighted by Crippen LogP contribution is -2.59. The Morgan fingerprint density at radius 2 is 2.22 bits per heavy atom. The zero-order valence-corrected chi connectivity index (χ0v) is 11.1. The molecule has 1 aliphatic heterocycles. The summed E-state index contributed by atoms with van der Waals surface area (Å²) in [6.07, 6.45) is 1.43. The van der Waals surface area contributed by atoms with Gasteiger partial charge in [-0.15, -0.1) is 0 Å². The van der Waals surface area contributed by atoms with Crippen LogP contribution in [0.3, 0.4) is 0 Å². The van der Waals surface area contributed by atoms with Gasteiger partial charge in [-0.3, -0.25) is 9.59 Å². The first-order chi connectivity index (χ1) is 8.61. The second-order valence-corrected chi connectivity index (χ2v) is 4.43. The van der Waals surface area contributed by atoms with Gasteiger partial charge in [-0.2, -0.15) is 0 Å². The molecule has 104 valence electrons. The van der Waals surface area contributed by atoms with Crippen molar-refractivity contribution in [2.75, 3.05) is 26.3 Å². The van der Waals surface area contributed by atoms with Crippen molar-refractivity contribution in [2.24, 2.45) is 5.73 Å². The molecule has 1 aliphatic rings. The molecule has 6 heteroatoms. The van der Waals surface area contributed by atoms with E-state index in [0.29, 0.717) is 26.1 Å². The number of nitrogens with two attached hydrogens (primary N) is 1. The highest BCUT2D eigenvalue weighted by molar-refractivity contribution is 5.90. The van der Waals surface area contributed by atoms with Crippen LogP contribution in [-0.2, 0) is 14.3 Å². The van der Waals surface area contributed by atoms with Crippen molar-refractivity contribution in [3.8, 4) is 0 Å². The Morgan fingerprint density at radius 1 is 1.50 bits per heavy atom. The van der Waals surface area contributed by atoms with E-state index in [4.69, 9.17) is 10.5 Å². The van der Waals surface area contributed by atoms with Gasteiger partial charge in [-0.25, -0.2) is 0 Å². The highest BCUT2D eigenvalue weighted by Crippen LogP contribution is 2.10. The summed E-state index contributed by atoms with van der Waals surface area (Å²) in [6, 6.07) is -1.08. The van der Waals surface area contributed by atoms with Crippen LogP contribution in [0.2, 0.25) is 0 Å². The highest BCUT2D eigenvalue weighted by atomic mass is 16.5. The van der Waals surface area contributed by atoms with E-state index in [-0.39, 0.29) is 18.4 Å². The van der Waals surface area contributed by atoms with E-state index in [2.05, 4.69) is 5.32 Å². The fourth-order valence-corrected chi connectivity index (χ4v) is 1.84. The number of nitrogens with zero attached hydrogens (tertiary/aromatic N) is 1. The van der Waals surface area contributed by atoms with E-state index >= 15 is 0 Å². The summed E-state index contributed by atoms with van der Waals surface area (Å²) in [6.45, 7) is 5.58. The van der Waals surface area contributed by atoms with E-state index in [9.17, 15) is 9.59 Å². The third-order valence-electron chi connectivity index (χ3n) is 3.02. The van der Waals surface area contributed by atoms with Gasteiger partial charge in [0.05, 0.1) is 19.3 Å². The summed E-state index contributed by atoms with van der Waals surface area (Å²) in [5.41, 5.74) is 5.75. The van der Waals surface area contributed by atoms with Crippen LogP contribution in [0.5, 0.6) is 0 Å². The summed E-state index contributed by atoms with van der Waals surface area (Å²) >= 11 is 0. The molecular weight excluding hydrogens is 234 g/mol. The summed E-state index contributed by atoms with van der Waals surface area (Å²) in [5, 5.41) is 2.79. The first-order valence-corrected chi connectivity index (χ1v) is 6.53. The van der Waals surface area contributed by atoms with Gasteiger partial charge in [0.2, 0.25) is 11.8 Å². The number of rotatable bonds is 5. The molecule has 1 rings (SSSR count). The number of amides is 2. The Morgan fingerprint density at radius 3 is 2.83 bits per heavy atom. The zero-order valence-electron chi connectivity index (χ0n) is 11.1. The molecule has 1 fully saturated rings. The zero-order chi connectivity index (χ0) is 13.5. The maximum absolute atomic E-state index is 12.1. The van der Waals surface area contributed by atoms with Crippen molar-refractivity contribution in [2.45, 2.75) is 38.8 Å². The molecule has 0 aromatic carbocycles. The van der Waals surface area contributed by atoms with Gasteiger partial charge in [-0.05, 0) is 12.8 Å². The first kappa shape index (κ1) is 14.9. The second kappa shape index (κ2) is 7.33. The van der Waals surface area contributed by atoms with E-state index in [1.807, 2.05) is 13.8 Å². The van der Waals surface area contributed by atoms with Gasteiger partial charge in [-0.1, -0.05) is 13.8 Å². The Hall–Kier alpha value is -1.14. The summed E-state index contributed by atoms with van der Waals surface area (Å²) in [4.78, 5) is 25.6. The van der Waals surface area contributed by atoms with Crippen LogP contribution < -0.4 is 11.1 Å². The quantitative estimate of drug-likeness (QED) is 0.694. The summed E-state index contributed by atoms with van der Waals surface area (Å²) in [5.74, 6) is -0.328. The number of ether oxygens (including phenoxy) is 1. The average molecular weight is 257 g/mol. The lowest BCUT2D eigenvalue weighted by Gasteiger charge is -2.35. The predicted molar refractivity (Wildman–Crippen MR) is 67.9 cm³/mol. The first-order valence-electron chi connectivity index (χ1n) is 6.53. The number of carbonyl (C=O) groups is 2. The highest BCUT2D eigenvalue weighted by Gasteiger charge is 2.34.